The van der Waals surface area contributed by atoms with Crippen LogP contribution in [0.25, 0.3) is 0 Å². The van der Waals surface area contributed by atoms with Crippen LogP contribution in [0.1, 0.15) is 20.8 Å². The van der Waals surface area contributed by atoms with Crippen molar-refractivity contribution in [1.82, 2.24) is 0 Å². The lowest BCUT2D eigenvalue weighted by Gasteiger charge is -2.17. The van der Waals surface area contributed by atoms with Crippen LogP contribution in [-0.2, 0) is 9.47 Å². The summed E-state index contributed by atoms with van der Waals surface area (Å²) in [6.07, 6.45) is 0. The first-order chi connectivity index (χ1) is 5.56. The lowest BCUT2D eigenvalue weighted by Crippen LogP contribution is -2.11. The first-order valence-electron chi connectivity index (χ1n) is 4.27. The van der Waals surface area contributed by atoms with Crippen LogP contribution in [0.5, 0.6) is 0 Å². The largest absolute Gasteiger partial charge is 0.382 e. The second-order valence-corrected chi connectivity index (χ2v) is 5.49. The standard InChI is InChI=1S/C9H20O2S/c1-9(2,3)12-8-7-11-6-5-10-4/h5-8H2,1-4H3. The summed E-state index contributed by atoms with van der Waals surface area (Å²) in [5.41, 5.74) is 0. The molecule has 12 heavy (non-hydrogen) atoms. The third-order valence-corrected chi connectivity index (χ3v) is 2.43. The fourth-order valence-electron chi connectivity index (χ4n) is 0.651. The van der Waals surface area contributed by atoms with E-state index in [2.05, 4.69) is 20.8 Å². The molecule has 0 saturated heterocycles. The molecule has 0 rings (SSSR count). The highest BCUT2D eigenvalue weighted by atomic mass is 32.2. The minimum Gasteiger partial charge on any atom is -0.382 e. The minimum absolute atomic E-state index is 0.352. The molecule has 0 unspecified atom stereocenters. The van der Waals surface area contributed by atoms with E-state index in [0.29, 0.717) is 18.0 Å². The van der Waals surface area contributed by atoms with Gasteiger partial charge >= 0.3 is 0 Å². The average molecular weight is 192 g/mol. The second-order valence-electron chi connectivity index (χ2n) is 3.57. The van der Waals surface area contributed by atoms with Gasteiger partial charge in [-0.05, 0) is 0 Å². The van der Waals surface area contributed by atoms with Crippen LogP contribution in [0.15, 0.2) is 0 Å². The summed E-state index contributed by atoms with van der Waals surface area (Å²) >= 11 is 1.93. The Bertz CT molecular complexity index is 99.2. The summed E-state index contributed by atoms with van der Waals surface area (Å²) in [4.78, 5) is 0. The molecule has 0 aliphatic rings. The van der Waals surface area contributed by atoms with Gasteiger partial charge in [0.1, 0.15) is 0 Å². The first-order valence-corrected chi connectivity index (χ1v) is 5.25. The van der Waals surface area contributed by atoms with Crippen LogP contribution in [0.2, 0.25) is 0 Å². The third-order valence-electron chi connectivity index (χ3n) is 1.19. The van der Waals surface area contributed by atoms with E-state index in [9.17, 15) is 0 Å². The molecule has 0 bridgehead atoms. The Kier molecular flexibility index (Phi) is 6.90. The highest BCUT2D eigenvalue weighted by Gasteiger charge is 2.08. The Balaban J connectivity index is 3.01. The molecule has 74 valence electrons. The van der Waals surface area contributed by atoms with Crippen molar-refractivity contribution in [2.45, 2.75) is 25.5 Å². The van der Waals surface area contributed by atoms with Crippen molar-refractivity contribution in [1.29, 1.82) is 0 Å². The van der Waals surface area contributed by atoms with E-state index in [-0.39, 0.29) is 0 Å². The fourth-order valence-corrected chi connectivity index (χ4v) is 1.46. The van der Waals surface area contributed by atoms with E-state index in [0.717, 1.165) is 12.4 Å². The van der Waals surface area contributed by atoms with Gasteiger partial charge in [-0.1, -0.05) is 20.8 Å². The number of thioether (sulfide) groups is 1. The van der Waals surface area contributed by atoms with Crippen molar-refractivity contribution < 1.29 is 9.47 Å². The number of rotatable bonds is 6. The number of ether oxygens (including phenoxy) is 2. The Labute approximate surface area is 80.0 Å². The maximum Gasteiger partial charge on any atom is 0.0700 e. The SMILES string of the molecule is COCCOCCSC(C)(C)C. The molecule has 2 nitrogen and oxygen atoms in total. The summed E-state index contributed by atoms with van der Waals surface area (Å²) in [5.74, 6) is 1.06. The topological polar surface area (TPSA) is 18.5 Å². The van der Waals surface area contributed by atoms with Crippen LogP contribution >= 0.6 is 11.8 Å². The molecule has 0 saturated carbocycles. The van der Waals surface area contributed by atoms with Gasteiger partial charge in [0, 0.05) is 17.6 Å². The summed E-state index contributed by atoms with van der Waals surface area (Å²) in [5, 5.41) is 0. The summed E-state index contributed by atoms with van der Waals surface area (Å²) in [7, 11) is 1.69. The third kappa shape index (κ3) is 10.3. The van der Waals surface area contributed by atoms with Crippen LogP contribution in [0, 0.1) is 0 Å². The summed E-state index contributed by atoms with van der Waals surface area (Å²) in [6, 6.07) is 0. The summed E-state index contributed by atoms with van der Waals surface area (Å²) < 4.78 is 10.5. The molecule has 0 spiro atoms. The van der Waals surface area contributed by atoms with E-state index < -0.39 is 0 Å². The van der Waals surface area contributed by atoms with Gasteiger partial charge in [0.15, 0.2) is 0 Å². The zero-order valence-electron chi connectivity index (χ0n) is 8.55. The van der Waals surface area contributed by atoms with Gasteiger partial charge in [-0.3, -0.25) is 0 Å². The predicted molar refractivity (Wildman–Crippen MR) is 54.9 cm³/mol. The van der Waals surface area contributed by atoms with Gasteiger partial charge in [0.05, 0.1) is 19.8 Å². The van der Waals surface area contributed by atoms with E-state index in [1.807, 2.05) is 11.8 Å². The molecule has 0 aliphatic heterocycles. The minimum atomic E-state index is 0.352. The highest BCUT2D eigenvalue weighted by Crippen LogP contribution is 2.22. The van der Waals surface area contributed by atoms with Crippen molar-refractivity contribution in [3.63, 3.8) is 0 Å². The lowest BCUT2D eigenvalue weighted by molar-refractivity contribution is 0.0789. The van der Waals surface area contributed by atoms with Crippen molar-refractivity contribution in [2.75, 3.05) is 32.7 Å². The quantitative estimate of drug-likeness (QED) is 0.601. The molecule has 0 radical (unpaired) electrons. The van der Waals surface area contributed by atoms with Gasteiger partial charge < -0.3 is 9.47 Å². The van der Waals surface area contributed by atoms with Gasteiger partial charge in [0.2, 0.25) is 0 Å². The van der Waals surface area contributed by atoms with E-state index in [1.54, 1.807) is 7.11 Å². The molecule has 3 heteroatoms. The van der Waals surface area contributed by atoms with Crippen LogP contribution in [0.3, 0.4) is 0 Å². The van der Waals surface area contributed by atoms with Gasteiger partial charge in [-0.2, -0.15) is 11.8 Å². The smallest absolute Gasteiger partial charge is 0.0700 e. The molecule has 0 atom stereocenters. The second kappa shape index (κ2) is 6.75. The Hall–Kier alpha value is 0.270. The molecule has 0 aliphatic carbocycles. The van der Waals surface area contributed by atoms with Gasteiger partial charge in [0.25, 0.3) is 0 Å². The average Bonchev–Trinajstić information content (AvgIpc) is 1.94. The van der Waals surface area contributed by atoms with Crippen molar-refractivity contribution in [2.24, 2.45) is 0 Å². The molecular weight excluding hydrogens is 172 g/mol. The monoisotopic (exact) mass is 192 g/mol. The van der Waals surface area contributed by atoms with Crippen LogP contribution in [-0.4, -0.2) is 37.4 Å². The van der Waals surface area contributed by atoms with Crippen molar-refractivity contribution in [3.8, 4) is 0 Å². The Morgan fingerprint density at radius 3 is 2.25 bits per heavy atom. The zero-order valence-corrected chi connectivity index (χ0v) is 9.37. The number of hydrogen-bond donors (Lipinski definition) is 0. The lowest BCUT2D eigenvalue weighted by atomic mass is 10.3. The normalized spacial score (nSPS) is 12.0. The maximum absolute atomic E-state index is 5.32. The number of methoxy groups -OCH3 is 1. The number of hydrogen-bond acceptors (Lipinski definition) is 3. The molecular formula is C9H20O2S. The van der Waals surface area contributed by atoms with Crippen LogP contribution in [0.4, 0.5) is 0 Å². The van der Waals surface area contributed by atoms with Gasteiger partial charge in [-0.15, -0.1) is 0 Å². The Morgan fingerprint density at radius 2 is 1.75 bits per heavy atom. The maximum atomic E-state index is 5.32. The molecule has 0 amide bonds. The van der Waals surface area contributed by atoms with Crippen molar-refractivity contribution >= 4 is 11.8 Å². The molecule has 0 N–H and O–H groups in total. The Morgan fingerprint density at radius 1 is 1.08 bits per heavy atom. The molecule has 0 aromatic heterocycles. The zero-order chi connectivity index (χ0) is 9.45. The molecule has 0 heterocycles. The predicted octanol–water partition coefficient (Wildman–Crippen LogP) is 2.18. The molecule has 0 aromatic rings. The summed E-state index contributed by atoms with van der Waals surface area (Å²) in [6.45, 7) is 8.87. The highest BCUT2D eigenvalue weighted by molar-refractivity contribution is 8.00. The van der Waals surface area contributed by atoms with E-state index in [4.69, 9.17) is 9.47 Å². The van der Waals surface area contributed by atoms with E-state index >= 15 is 0 Å². The van der Waals surface area contributed by atoms with E-state index in [1.165, 1.54) is 0 Å². The van der Waals surface area contributed by atoms with Gasteiger partial charge in [-0.25, -0.2) is 0 Å². The molecule has 0 aromatic carbocycles. The first kappa shape index (κ1) is 12.3. The van der Waals surface area contributed by atoms with Crippen LogP contribution < -0.4 is 0 Å². The fraction of sp³-hybridized carbons (Fsp3) is 1.00. The van der Waals surface area contributed by atoms with Crippen molar-refractivity contribution in [3.05, 3.63) is 0 Å². The molecule has 0 fully saturated rings.